The fourth-order valence-corrected chi connectivity index (χ4v) is 8.39. The zero-order chi connectivity index (χ0) is 23.3. The monoisotopic (exact) mass is 453 g/mol. The van der Waals surface area contributed by atoms with Crippen LogP contribution in [0.25, 0.3) is 0 Å². The van der Waals surface area contributed by atoms with Crippen LogP contribution in [-0.2, 0) is 4.79 Å². The van der Waals surface area contributed by atoms with Crippen molar-refractivity contribution < 1.29 is 14.3 Å². The Morgan fingerprint density at radius 3 is 2.12 bits per heavy atom. The highest BCUT2D eigenvalue weighted by atomic mass is 16.5. The highest BCUT2D eigenvalue weighted by Crippen LogP contribution is 2.66. The van der Waals surface area contributed by atoms with Crippen molar-refractivity contribution in [3.05, 3.63) is 24.3 Å². The fourth-order valence-electron chi connectivity index (χ4n) is 8.39. The lowest BCUT2D eigenvalue weighted by Crippen LogP contribution is -2.66. The standard InChI is InChI=1S/C27H39N3O3/c1-18(31)28-20-4-8-22(9-5-20)33-23-10-6-21(7-11-23)29-24(32)30-27-14-19-12-25(2,16-27)15-26(3,13-19)17-27/h4-5,8-9,19,21,23H,6-7,10-17H2,1-3H3,(H,28,31)(H2,29,30,32)/t19?,21?,23?,25-,26-,27?/m1/s1. The first kappa shape index (κ1) is 22.5. The zero-order valence-corrected chi connectivity index (χ0v) is 20.3. The quantitative estimate of drug-likeness (QED) is 0.560. The van der Waals surface area contributed by atoms with Crippen molar-refractivity contribution in [3.8, 4) is 5.75 Å². The number of urea groups is 1. The third-order valence-electron chi connectivity index (χ3n) is 8.49. The molecule has 2 atom stereocenters. The third kappa shape index (κ3) is 4.99. The molecule has 6 heteroatoms. The third-order valence-corrected chi connectivity index (χ3v) is 8.49. The molecule has 0 aliphatic heterocycles. The van der Waals surface area contributed by atoms with Crippen molar-refractivity contribution in [2.75, 3.05) is 5.32 Å². The average molecular weight is 454 g/mol. The number of nitrogens with one attached hydrogen (secondary N) is 3. The first-order chi connectivity index (χ1) is 15.6. The predicted octanol–water partition coefficient (Wildman–Crippen LogP) is 5.38. The molecule has 0 aromatic heterocycles. The summed E-state index contributed by atoms with van der Waals surface area (Å²) < 4.78 is 6.14. The van der Waals surface area contributed by atoms with Gasteiger partial charge in [-0.05, 0) is 105 Å². The van der Waals surface area contributed by atoms with Gasteiger partial charge in [0.05, 0.1) is 6.10 Å². The summed E-state index contributed by atoms with van der Waals surface area (Å²) in [7, 11) is 0. The van der Waals surface area contributed by atoms with E-state index in [0.717, 1.165) is 62.3 Å². The van der Waals surface area contributed by atoms with Crippen LogP contribution in [0.4, 0.5) is 10.5 Å². The van der Waals surface area contributed by atoms with E-state index in [4.69, 9.17) is 4.74 Å². The highest BCUT2D eigenvalue weighted by molar-refractivity contribution is 5.88. The molecule has 5 aliphatic rings. The molecule has 180 valence electrons. The van der Waals surface area contributed by atoms with E-state index in [9.17, 15) is 9.59 Å². The van der Waals surface area contributed by atoms with Crippen LogP contribution >= 0.6 is 0 Å². The van der Waals surface area contributed by atoms with Crippen LogP contribution in [0.2, 0.25) is 0 Å². The summed E-state index contributed by atoms with van der Waals surface area (Å²) in [5, 5.41) is 9.53. The Labute approximate surface area is 197 Å². The molecule has 4 bridgehead atoms. The smallest absolute Gasteiger partial charge is 0.315 e. The lowest BCUT2D eigenvalue weighted by molar-refractivity contribution is -0.114. The summed E-state index contributed by atoms with van der Waals surface area (Å²) in [5.74, 6) is 1.52. The van der Waals surface area contributed by atoms with E-state index in [1.54, 1.807) is 0 Å². The molecule has 3 amide bonds. The molecular formula is C27H39N3O3. The highest BCUT2D eigenvalue weighted by Gasteiger charge is 2.60. The summed E-state index contributed by atoms with van der Waals surface area (Å²) >= 11 is 0. The van der Waals surface area contributed by atoms with Crippen LogP contribution in [0, 0.1) is 16.7 Å². The molecule has 0 radical (unpaired) electrons. The van der Waals surface area contributed by atoms with Gasteiger partial charge in [0, 0.05) is 24.2 Å². The molecule has 5 saturated carbocycles. The van der Waals surface area contributed by atoms with Crippen molar-refractivity contribution in [1.82, 2.24) is 10.6 Å². The van der Waals surface area contributed by atoms with Gasteiger partial charge in [-0.2, -0.15) is 0 Å². The summed E-state index contributed by atoms with van der Waals surface area (Å²) in [6.45, 7) is 6.39. The van der Waals surface area contributed by atoms with E-state index in [1.807, 2.05) is 24.3 Å². The Kier molecular flexibility index (Phi) is 5.61. The average Bonchev–Trinajstić information content (AvgIpc) is 2.67. The maximum Gasteiger partial charge on any atom is 0.315 e. The summed E-state index contributed by atoms with van der Waals surface area (Å²) in [4.78, 5) is 24.2. The fraction of sp³-hybridized carbons (Fsp3) is 0.704. The number of rotatable bonds is 5. The number of ether oxygens (including phenoxy) is 1. The minimum atomic E-state index is -0.0786. The zero-order valence-electron chi connectivity index (χ0n) is 20.3. The van der Waals surface area contributed by atoms with Gasteiger partial charge >= 0.3 is 6.03 Å². The van der Waals surface area contributed by atoms with Gasteiger partial charge in [0.15, 0.2) is 0 Å². The lowest BCUT2D eigenvalue weighted by atomic mass is 9.43. The van der Waals surface area contributed by atoms with Crippen LogP contribution in [0.1, 0.15) is 85.0 Å². The van der Waals surface area contributed by atoms with Crippen LogP contribution in [-0.4, -0.2) is 29.6 Å². The van der Waals surface area contributed by atoms with Gasteiger partial charge < -0.3 is 20.7 Å². The van der Waals surface area contributed by atoms with E-state index in [1.165, 1.54) is 26.2 Å². The maximum atomic E-state index is 13.0. The summed E-state index contributed by atoms with van der Waals surface area (Å²) in [5.41, 5.74) is 1.57. The minimum Gasteiger partial charge on any atom is -0.490 e. The van der Waals surface area contributed by atoms with E-state index in [-0.39, 0.29) is 29.6 Å². The first-order valence-electron chi connectivity index (χ1n) is 12.7. The molecule has 0 unspecified atom stereocenters. The summed E-state index contributed by atoms with van der Waals surface area (Å²) in [6, 6.07) is 7.76. The number of hydrogen-bond donors (Lipinski definition) is 3. The van der Waals surface area contributed by atoms with Crippen molar-refractivity contribution in [2.45, 2.75) is 103 Å². The Balaban J connectivity index is 1.09. The van der Waals surface area contributed by atoms with Crippen LogP contribution < -0.4 is 20.7 Å². The molecule has 6 rings (SSSR count). The number of benzene rings is 1. The SMILES string of the molecule is CC(=O)Nc1ccc(OC2CCC(NC(=O)NC34CC5C[C@@](C)(C3)C[C@@](C)(C5)C4)CC2)cc1. The van der Waals surface area contributed by atoms with Gasteiger partial charge in [0.2, 0.25) is 5.91 Å². The van der Waals surface area contributed by atoms with E-state index in [0.29, 0.717) is 10.8 Å². The maximum absolute atomic E-state index is 13.0. The minimum absolute atomic E-state index is 0.00325. The van der Waals surface area contributed by atoms with E-state index in [2.05, 4.69) is 29.8 Å². The number of carbonyl (C=O) groups is 2. The molecule has 0 spiro atoms. The molecule has 1 aromatic rings. The number of hydrogen-bond acceptors (Lipinski definition) is 3. The topological polar surface area (TPSA) is 79.5 Å². The molecule has 5 fully saturated rings. The second kappa shape index (κ2) is 8.21. The number of carbonyl (C=O) groups excluding carboxylic acids is 2. The number of anilines is 1. The molecule has 0 saturated heterocycles. The molecule has 6 nitrogen and oxygen atoms in total. The van der Waals surface area contributed by atoms with Gasteiger partial charge in [0.1, 0.15) is 5.75 Å². The molecular weight excluding hydrogens is 414 g/mol. The number of amides is 3. The Morgan fingerprint density at radius 2 is 1.55 bits per heavy atom. The normalized spacial score (nSPS) is 39.1. The van der Waals surface area contributed by atoms with Crippen molar-refractivity contribution in [3.63, 3.8) is 0 Å². The van der Waals surface area contributed by atoms with Gasteiger partial charge in [-0.1, -0.05) is 13.8 Å². The molecule has 1 aromatic carbocycles. The van der Waals surface area contributed by atoms with E-state index >= 15 is 0 Å². The second-order valence-corrected chi connectivity index (χ2v) is 12.3. The van der Waals surface area contributed by atoms with Crippen molar-refractivity contribution in [1.29, 1.82) is 0 Å². The molecule has 0 heterocycles. The first-order valence-corrected chi connectivity index (χ1v) is 12.7. The Bertz CT molecular complexity index is 888. The van der Waals surface area contributed by atoms with Gasteiger partial charge in [-0.25, -0.2) is 4.79 Å². The largest absolute Gasteiger partial charge is 0.490 e. The molecule has 33 heavy (non-hydrogen) atoms. The molecule has 5 aliphatic carbocycles. The lowest BCUT2D eigenvalue weighted by Gasteiger charge is -2.65. The van der Waals surface area contributed by atoms with Crippen molar-refractivity contribution in [2.24, 2.45) is 16.7 Å². The van der Waals surface area contributed by atoms with E-state index < -0.39 is 0 Å². The van der Waals surface area contributed by atoms with Gasteiger partial charge in [0.25, 0.3) is 0 Å². The van der Waals surface area contributed by atoms with Gasteiger partial charge in [-0.15, -0.1) is 0 Å². The van der Waals surface area contributed by atoms with Crippen LogP contribution in [0.5, 0.6) is 5.75 Å². The Hall–Kier alpha value is -2.24. The van der Waals surface area contributed by atoms with Crippen LogP contribution in [0.15, 0.2) is 24.3 Å². The Morgan fingerprint density at radius 1 is 0.909 bits per heavy atom. The second-order valence-electron chi connectivity index (χ2n) is 12.3. The van der Waals surface area contributed by atoms with Crippen molar-refractivity contribution >= 4 is 17.6 Å². The predicted molar refractivity (Wildman–Crippen MR) is 129 cm³/mol. The van der Waals surface area contributed by atoms with Crippen LogP contribution in [0.3, 0.4) is 0 Å². The summed E-state index contributed by atoms with van der Waals surface area (Å²) in [6.07, 6.45) is 11.3. The van der Waals surface area contributed by atoms with Gasteiger partial charge in [-0.3, -0.25) is 4.79 Å². The molecule has 3 N–H and O–H groups in total.